The number of rotatable bonds is 1. The van der Waals surface area contributed by atoms with Crippen LogP contribution in [0.25, 0.3) is 28.3 Å². The SMILES string of the molecule is O=C1c2ccccc2-c2nc3ncnn3c(-c3ccc(F)cc3)c21. The van der Waals surface area contributed by atoms with E-state index in [1.165, 1.54) is 23.0 Å². The molecule has 0 amide bonds. The number of fused-ring (bicyclic) bond motifs is 4. The summed E-state index contributed by atoms with van der Waals surface area (Å²) in [4.78, 5) is 21.6. The summed E-state index contributed by atoms with van der Waals surface area (Å²) >= 11 is 0. The van der Waals surface area contributed by atoms with Crippen LogP contribution in [0.2, 0.25) is 0 Å². The average molecular weight is 316 g/mol. The van der Waals surface area contributed by atoms with Crippen molar-refractivity contribution in [3.05, 3.63) is 71.8 Å². The fourth-order valence-corrected chi connectivity index (χ4v) is 3.15. The lowest BCUT2D eigenvalue weighted by molar-refractivity contribution is 0.104. The summed E-state index contributed by atoms with van der Waals surface area (Å²) < 4.78 is 14.8. The quantitative estimate of drug-likeness (QED) is 0.477. The minimum Gasteiger partial charge on any atom is -0.288 e. The molecular weight excluding hydrogens is 307 g/mol. The molecule has 0 saturated heterocycles. The van der Waals surface area contributed by atoms with Crippen LogP contribution in [0.4, 0.5) is 4.39 Å². The maximum atomic E-state index is 13.3. The molecule has 0 fully saturated rings. The van der Waals surface area contributed by atoms with Gasteiger partial charge in [0.1, 0.15) is 12.1 Å². The molecule has 24 heavy (non-hydrogen) atoms. The van der Waals surface area contributed by atoms with Crippen molar-refractivity contribution in [1.29, 1.82) is 0 Å². The van der Waals surface area contributed by atoms with Gasteiger partial charge < -0.3 is 0 Å². The van der Waals surface area contributed by atoms with Crippen molar-refractivity contribution in [2.24, 2.45) is 0 Å². The van der Waals surface area contributed by atoms with Gasteiger partial charge in [0, 0.05) is 16.7 Å². The highest BCUT2D eigenvalue weighted by atomic mass is 19.1. The normalized spacial score (nSPS) is 12.5. The largest absolute Gasteiger partial charge is 0.288 e. The molecule has 6 heteroatoms. The van der Waals surface area contributed by atoms with E-state index in [1.54, 1.807) is 18.2 Å². The number of aromatic nitrogens is 4. The molecule has 5 nitrogen and oxygen atoms in total. The van der Waals surface area contributed by atoms with Crippen LogP contribution in [-0.4, -0.2) is 25.4 Å². The summed E-state index contributed by atoms with van der Waals surface area (Å²) in [5, 5.41) is 4.19. The van der Waals surface area contributed by atoms with E-state index >= 15 is 0 Å². The maximum Gasteiger partial charge on any atom is 0.253 e. The van der Waals surface area contributed by atoms with Crippen LogP contribution in [0.3, 0.4) is 0 Å². The first kappa shape index (κ1) is 13.1. The van der Waals surface area contributed by atoms with Crippen molar-refractivity contribution in [3.8, 4) is 22.5 Å². The number of hydrogen-bond donors (Lipinski definition) is 0. The molecule has 0 aliphatic heterocycles. The fourth-order valence-electron chi connectivity index (χ4n) is 3.15. The van der Waals surface area contributed by atoms with Gasteiger partial charge in [-0.15, -0.1) is 0 Å². The number of benzene rings is 2. The Bertz CT molecular complexity index is 1130. The summed E-state index contributed by atoms with van der Waals surface area (Å²) in [6.45, 7) is 0. The highest BCUT2D eigenvalue weighted by Gasteiger charge is 2.33. The van der Waals surface area contributed by atoms with Crippen LogP contribution in [-0.2, 0) is 0 Å². The molecule has 0 N–H and O–H groups in total. The first-order valence-electron chi connectivity index (χ1n) is 7.38. The highest BCUT2D eigenvalue weighted by Crippen LogP contribution is 2.40. The monoisotopic (exact) mass is 316 g/mol. The zero-order chi connectivity index (χ0) is 16.3. The second-order valence-corrected chi connectivity index (χ2v) is 5.54. The van der Waals surface area contributed by atoms with E-state index in [-0.39, 0.29) is 11.6 Å². The van der Waals surface area contributed by atoms with Gasteiger partial charge in [0.25, 0.3) is 5.78 Å². The zero-order valence-electron chi connectivity index (χ0n) is 12.3. The third kappa shape index (κ3) is 1.62. The van der Waals surface area contributed by atoms with E-state index in [0.29, 0.717) is 33.9 Å². The molecule has 0 radical (unpaired) electrons. The van der Waals surface area contributed by atoms with Crippen LogP contribution < -0.4 is 0 Å². The molecule has 4 aromatic rings. The van der Waals surface area contributed by atoms with Crippen LogP contribution in [0.5, 0.6) is 0 Å². The number of halogens is 1. The Kier molecular flexibility index (Phi) is 2.48. The fraction of sp³-hybridized carbons (Fsp3) is 0. The van der Waals surface area contributed by atoms with E-state index in [2.05, 4.69) is 15.1 Å². The Morgan fingerprint density at radius 2 is 1.71 bits per heavy atom. The van der Waals surface area contributed by atoms with Gasteiger partial charge in [-0.2, -0.15) is 14.6 Å². The molecule has 2 aromatic heterocycles. The Morgan fingerprint density at radius 3 is 2.50 bits per heavy atom. The molecule has 2 heterocycles. The Labute approximate surface area is 135 Å². The number of nitrogens with zero attached hydrogens (tertiary/aromatic N) is 4. The molecular formula is C18H9FN4O. The van der Waals surface area contributed by atoms with E-state index in [4.69, 9.17) is 0 Å². The molecule has 1 aliphatic carbocycles. The first-order valence-corrected chi connectivity index (χ1v) is 7.38. The van der Waals surface area contributed by atoms with Gasteiger partial charge in [0.05, 0.1) is 17.0 Å². The molecule has 0 bridgehead atoms. The lowest BCUT2D eigenvalue weighted by Crippen LogP contribution is -2.06. The lowest BCUT2D eigenvalue weighted by Gasteiger charge is -2.09. The van der Waals surface area contributed by atoms with Gasteiger partial charge in [-0.05, 0) is 24.3 Å². The maximum absolute atomic E-state index is 13.3. The number of ketones is 1. The topological polar surface area (TPSA) is 60.2 Å². The second kappa shape index (κ2) is 4.55. The van der Waals surface area contributed by atoms with Crippen molar-refractivity contribution in [1.82, 2.24) is 19.6 Å². The van der Waals surface area contributed by atoms with Crippen molar-refractivity contribution < 1.29 is 9.18 Å². The first-order chi connectivity index (χ1) is 11.7. The van der Waals surface area contributed by atoms with Crippen LogP contribution in [0, 0.1) is 5.82 Å². The van der Waals surface area contributed by atoms with Crippen molar-refractivity contribution in [2.45, 2.75) is 0 Å². The summed E-state index contributed by atoms with van der Waals surface area (Å²) in [5.41, 5.74) is 3.72. The predicted molar refractivity (Wildman–Crippen MR) is 85.0 cm³/mol. The minimum absolute atomic E-state index is 0.107. The van der Waals surface area contributed by atoms with E-state index in [1.807, 2.05) is 18.2 Å². The van der Waals surface area contributed by atoms with Crippen molar-refractivity contribution in [3.63, 3.8) is 0 Å². The summed E-state index contributed by atoms with van der Waals surface area (Å²) in [7, 11) is 0. The molecule has 0 atom stereocenters. The smallest absolute Gasteiger partial charge is 0.253 e. The zero-order valence-corrected chi connectivity index (χ0v) is 12.3. The molecule has 0 unspecified atom stereocenters. The van der Waals surface area contributed by atoms with E-state index < -0.39 is 0 Å². The molecule has 114 valence electrons. The van der Waals surface area contributed by atoms with Gasteiger partial charge in [-0.1, -0.05) is 24.3 Å². The average Bonchev–Trinajstić information content (AvgIpc) is 3.18. The summed E-state index contributed by atoms with van der Waals surface area (Å²) in [6, 6.07) is 13.3. The summed E-state index contributed by atoms with van der Waals surface area (Å²) in [6.07, 6.45) is 1.39. The highest BCUT2D eigenvalue weighted by molar-refractivity contribution is 6.23. The van der Waals surface area contributed by atoms with Crippen molar-refractivity contribution >= 4 is 11.6 Å². The molecule has 0 spiro atoms. The van der Waals surface area contributed by atoms with Crippen LogP contribution in [0.15, 0.2) is 54.9 Å². The number of carbonyl (C=O) groups excluding carboxylic acids is 1. The van der Waals surface area contributed by atoms with Crippen LogP contribution in [0.1, 0.15) is 15.9 Å². The van der Waals surface area contributed by atoms with Gasteiger partial charge in [-0.3, -0.25) is 4.79 Å². The molecule has 2 aromatic carbocycles. The van der Waals surface area contributed by atoms with Gasteiger partial charge in [0.2, 0.25) is 0 Å². The Morgan fingerprint density at radius 1 is 0.958 bits per heavy atom. The molecule has 0 saturated carbocycles. The Balaban J connectivity index is 1.93. The van der Waals surface area contributed by atoms with Gasteiger partial charge in [0.15, 0.2) is 5.78 Å². The third-order valence-corrected chi connectivity index (χ3v) is 4.20. The number of hydrogen-bond acceptors (Lipinski definition) is 4. The molecule has 5 rings (SSSR count). The standard InChI is InChI=1S/C18H9FN4O/c19-11-7-5-10(6-8-11)16-14-15(22-18-20-9-21-23(16)18)12-3-1-2-4-13(12)17(14)24/h1-9H. The second-order valence-electron chi connectivity index (χ2n) is 5.54. The van der Waals surface area contributed by atoms with E-state index in [9.17, 15) is 9.18 Å². The lowest BCUT2D eigenvalue weighted by atomic mass is 10.0. The third-order valence-electron chi connectivity index (χ3n) is 4.20. The number of carbonyl (C=O) groups is 1. The molecule has 1 aliphatic rings. The van der Waals surface area contributed by atoms with Crippen LogP contribution >= 0.6 is 0 Å². The predicted octanol–water partition coefficient (Wildman–Crippen LogP) is 3.14. The minimum atomic E-state index is -0.339. The van der Waals surface area contributed by atoms with E-state index in [0.717, 1.165) is 5.56 Å². The van der Waals surface area contributed by atoms with Gasteiger partial charge >= 0.3 is 0 Å². The van der Waals surface area contributed by atoms with Crippen molar-refractivity contribution in [2.75, 3.05) is 0 Å². The summed E-state index contributed by atoms with van der Waals surface area (Å²) in [5.74, 6) is -0.0451. The van der Waals surface area contributed by atoms with Gasteiger partial charge in [-0.25, -0.2) is 9.37 Å². The Hall–Kier alpha value is -3.41.